The van der Waals surface area contributed by atoms with E-state index in [1.165, 1.54) is 19.3 Å². The molecule has 0 heterocycles. The molecule has 5 nitrogen and oxygen atoms in total. The molecule has 5 rings (SSSR count). The number of ether oxygens (including phenoxy) is 3. The van der Waals surface area contributed by atoms with E-state index in [2.05, 4.69) is 0 Å². The zero-order chi connectivity index (χ0) is 18.1. The van der Waals surface area contributed by atoms with Crippen LogP contribution < -0.4 is 9.47 Å². The number of rotatable bonds is 7. The van der Waals surface area contributed by atoms with E-state index < -0.39 is 5.97 Å². The zero-order valence-electron chi connectivity index (χ0n) is 15.2. The first-order valence-corrected chi connectivity index (χ1v) is 9.53. The molecule has 4 aliphatic rings. The summed E-state index contributed by atoms with van der Waals surface area (Å²) in [7, 11) is 1.55. The quantitative estimate of drug-likeness (QED) is 0.699. The van der Waals surface area contributed by atoms with Crippen molar-refractivity contribution in [3.05, 3.63) is 24.3 Å². The molecule has 0 aromatic heterocycles. The first-order valence-electron chi connectivity index (χ1n) is 9.53. The van der Waals surface area contributed by atoms with Crippen LogP contribution in [-0.2, 0) is 14.3 Å². The van der Waals surface area contributed by atoms with Crippen molar-refractivity contribution in [3.8, 4) is 11.5 Å². The molecule has 5 heteroatoms. The van der Waals surface area contributed by atoms with Crippen molar-refractivity contribution in [2.24, 2.45) is 23.2 Å². The fourth-order valence-corrected chi connectivity index (χ4v) is 5.67. The Hall–Kier alpha value is -2.04. The Balaban J connectivity index is 1.29. The summed E-state index contributed by atoms with van der Waals surface area (Å²) in [4.78, 5) is 24.8. The van der Waals surface area contributed by atoms with Gasteiger partial charge in [0, 0.05) is 5.41 Å². The number of carbonyl (C=O) groups excluding carboxylic acids is 2. The highest BCUT2D eigenvalue weighted by Gasteiger charge is 2.54. The summed E-state index contributed by atoms with van der Waals surface area (Å²) in [5.41, 5.74) is -0.224. The molecule has 4 fully saturated rings. The number of carbonyl (C=O) groups is 2. The molecule has 4 saturated carbocycles. The van der Waals surface area contributed by atoms with Crippen LogP contribution in [-0.4, -0.2) is 32.1 Å². The minimum absolute atomic E-state index is 0.113. The van der Waals surface area contributed by atoms with Crippen molar-refractivity contribution >= 4 is 11.8 Å². The largest absolute Gasteiger partial charge is 0.493 e. The fourth-order valence-electron chi connectivity index (χ4n) is 5.67. The maximum Gasteiger partial charge on any atom is 0.344 e. The third kappa shape index (κ3) is 3.31. The lowest BCUT2D eigenvalue weighted by atomic mass is 9.48. The maximum absolute atomic E-state index is 12.8. The van der Waals surface area contributed by atoms with Gasteiger partial charge in [0.05, 0.1) is 7.11 Å². The van der Waals surface area contributed by atoms with Crippen LogP contribution in [0.25, 0.3) is 0 Å². The Kier molecular flexibility index (Phi) is 4.63. The van der Waals surface area contributed by atoms with E-state index >= 15 is 0 Å². The van der Waals surface area contributed by atoms with Gasteiger partial charge in [-0.05, 0) is 68.4 Å². The summed E-state index contributed by atoms with van der Waals surface area (Å²) in [6, 6.07) is 7.12. The molecular weight excluding hydrogens is 332 g/mol. The molecule has 0 spiro atoms. The number of hydrogen-bond acceptors (Lipinski definition) is 5. The van der Waals surface area contributed by atoms with Gasteiger partial charge in [-0.15, -0.1) is 0 Å². The number of esters is 1. The molecule has 1 aromatic carbocycles. The monoisotopic (exact) mass is 358 g/mol. The number of para-hydroxylation sites is 2. The molecular formula is C21H26O5. The van der Waals surface area contributed by atoms with Crippen molar-refractivity contribution < 1.29 is 23.8 Å². The molecule has 0 aliphatic heterocycles. The molecule has 0 saturated heterocycles. The van der Waals surface area contributed by atoms with E-state index in [4.69, 9.17) is 14.2 Å². The van der Waals surface area contributed by atoms with Gasteiger partial charge >= 0.3 is 5.97 Å². The Morgan fingerprint density at radius 3 is 2.12 bits per heavy atom. The minimum Gasteiger partial charge on any atom is -0.493 e. The maximum atomic E-state index is 12.8. The smallest absolute Gasteiger partial charge is 0.344 e. The molecule has 1 aromatic rings. The lowest BCUT2D eigenvalue weighted by molar-refractivity contribution is -0.158. The van der Waals surface area contributed by atoms with E-state index in [-0.39, 0.29) is 24.4 Å². The fraction of sp³-hybridized carbons (Fsp3) is 0.619. The summed E-state index contributed by atoms with van der Waals surface area (Å²) in [5.74, 6) is 2.75. The SMILES string of the molecule is COc1ccccc1OCC(=O)OCC(=O)C12CC3CC(CC(C3)C1)C2. The first-order chi connectivity index (χ1) is 12.6. The lowest BCUT2D eigenvalue weighted by Gasteiger charge is -2.55. The predicted octanol–water partition coefficient (Wildman–Crippen LogP) is 3.40. The van der Waals surface area contributed by atoms with Crippen LogP contribution in [0.1, 0.15) is 38.5 Å². The van der Waals surface area contributed by atoms with Crippen LogP contribution in [0.2, 0.25) is 0 Å². The number of methoxy groups -OCH3 is 1. The van der Waals surface area contributed by atoms with Crippen molar-refractivity contribution in [1.29, 1.82) is 0 Å². The third-order valence-electron chi connectivity index (χ3n) is 6.41. The van der Waals surface area contributed by atoms with Gasteiger partial charge < -0.3 is 14.2 Å². The third-order valence-corrected chi connectivity index (χ3v) is 6.41. The van der Waals surface area contributed by atoms with Crippen LogP contribution in [0, 0.1) is 23.2 Å². The average Bonchev–Trinajstić information content (AvgIpc) is 2.63. The van der Waals surface area contributed by atoms with Gasteiger partial charge in [-0.1, -0.05) is 12.1 Å². The zero-order valence-corrected chi connectivity index (χ0v) is 15.2. The van der Waals surface area contributed by atoms with E-state index in [1.807, 2.05) is 6.07 Å². The molecule has 0 N–H and O–H groups in total. The van der Waals surface area contributed by atoms with Gasteiger partial charge in [-0.3, -0.25) is 4.79 Å². The van der Waals surface area contributed by atoms with Crippen molar-refractivity contribution in [3.63, 3.8) is 0 Å². The minimum atomic E-state index is -0.519. The molecule has 0 radical (unpaired) electrons. The Bertz CT molecular complexity index is 660. The van der Waals surface area contributed by atoms with Gasteiger partial charge in [-0.2, -0.15) is 0 Å². The first kappa shape index (κ1) is 17.4. The second-order valence-corrected chi connectivity index (χ2v) is 8.22. The van der Waals surface area contributed by atoms with Crippen molar-refractivity contribution in [2.75, 3.05) is 20.3 Å². The standard InChI is InChI=1S/C21H26O5/c1-24-17-4-2-3-5-18(17)25-13-20(23)26-12-19(22)21-9-14-6-15(10-21)8-16(7-14)11-21/h2-5,14-16H,6-13H2,1H3. The predicted molar refractivity (Wildman–Crippen MR) is 95.1 cm³/mol. The number of ketones is 1. The molecule has 26 heavy (non-hydrogen) atoms. The highest BCUT2D eigenvalue weighted by Crippen LogP contribution is 2.60. The summed E-state index contributed by atoms with van der Waals surface area (Å²) in [6.45, 7) is -0.352. The number of hydrogen-bond donors (Lipinski definition) is 0. The van der Waals surface area contributed by atoms with Crippen LogP contribution in [0.5, 0.6) is 11.5 Å². The van der Waals surface area contributed by atoms with Crippen LogP contribution in [0.3, 0.4) is 0 Å². The summed E-state index contributed by atoms with van der Waals surface area (Å²) >= 11 is 0. The summed E-state index contributed by atoms with van der Waals surface area (Å²) in [6.07, 6.45) is 6.85. The van der Waals surface area contributed by atoms with Crippen LogP contribution in [0.15, 0.2) is 24.3 Å². The Labute approximate surface area is 154 Å². The molecule has 4 bridgehead atoms. The highest BCUT2D eigenvalue weighted by atomic mass is 16.6. The van der Waals surface area contributed by atoms with Gasteiger partial charge in [0.2, 0.25) is 0 Å². The normalized spacial score (nSPS) is 31.5. The Morgan fingerprint density at radius 2 is 1.54 bits per heavy atom. The van der Waals surface area contributed by atoms with Crippen molar-refractivity contribution in [2.45, 2.75) is 38.5 Å². The lowest BCUT2D eigenvalue weighted by Crippen LogP contribution is -2.51. The van der Waals surface area contributed by atoms with Gasteiger partial charge in [0.15, 0.2) is 30.5 Å². The molecule has 0 atom stereocenters. The second kappa shape index (κ2) is 6.93. The van der Waals surface area contributed by atoms with Crippen LogP contribution in [0.4, 0.5) is 0 Å². The van der Waals surface area contributed by atoms with E-state index in [0.29, 0.717) is 29.3 Å². The topological polar surface area (TPSA) is 61.8 Å². The second-order valence-electron chi connectivity index (χ2n) is 8.22. The van der Waals surface area contributed by atoms with Gasteiger partial charge in [0.1, 0.15) is 0 Å². The number of benzene rings is 1. The molecule has 140 valence electrons. The molecule has 0 unspecified atom stereocenters. The summed E-state index contributed by atoms with van der Waals surface area (Å²) < 4.78 is 15.9. The summed E-state index contributed by atoms with van der Waals surface area (Å²) in [5, 5.41) is 0. The van der Waals surface area contributed by atoms with Crippen molar-refractivity contribution in [1.82, 2.24) is 0 Å². The molecule has 4 aliphatic carbocycles. The molecule has 0 amide bonds. The highest BCUT2D eigenvalue weighted by molar-refractivity contribution is 5.88. The average molecular weight is 358 g/mol. The number of Topliss-reactive ketones (excluding diaryl/α,β-unsaturated/α-hetero) is 1. The Morgan fingerprint density at radius 1 is 0.962 bits per heavy atom. The van der Waals surface area contributed by atoms with Gasteiger partial charge in [-0.25, -0.2) is 4.79 Å². The van der Waals surface area contributed by atoms with E-state index in [9.17, 15) is 9.59 Å². The van der Waals surface area contributed by atoms with E-state index in [1.54, 1.807) is 25.3 Å². The van der Waals surface area contributed by atoms with E-state index in [0.717, 1.165) is 19.3 Å². The van der Waals surface area contributed by atoms with Gasteiger partial charge in [0.25, 0.3) is 0 Å². The van der Waals surface area contributed by atoms with Crippen LogP contribution >= 0.6 is 0 Å².